The molecule has 1 aliphatic heterocycles. The number of amides is 1. The number of hydrogen-bond acceptors (Lipinski definition) is 5. The molecule has 1 unspecified atom stereocenters. The number of hydrogen-bond donors (Lipinski definition) is 1. The normalized spacial score (nSPS) is 15.1. The second-order valence-corrected chi connectivity index (χ2v) is 8.16. The van der Waals surface area contributed by atoms with Gasteiger partial charge < -0.3 is 10.1 Å². The molecule has 0 spiro atoms. The summed E-state index contributed by atoms with van der Waals surface area (Å²) in [5, 5.41) is 2.85. The lowest BCUT2D eigenvalue weighted by Crippen LogP contribution is -2.28. The zero-order valence-corrected chi connectivity index (χ0v) is 19.0. The Labute approximate surface area is 191 Å². The maximum atomic E-state index is 13.1. The van der Waals surface area contributed by atoms with Gasteiger partial charge in [0.25, 0.3) is 0 Å². The summed E-state index contributed by atoms with van der Waals surface area (Å²) in [4.78, 5) is 24.9. The van der Waals surface area contributed by atoms with Crippen LogP contribution in [0.3, 0.4) is 0 Å². The van der Waals surface area contributed by atoms with E-state index in [-0.39, 0.29) is 17.1 Å². The summed E-state index contributed by atoms with van der Waals surface area (Å²) in [6, 6.07) is 19.3. The number of benzene rings is 3. The Morgan fingerprint density at radius 3 is 2.44 bits per heavy atom. The van der Waals surface area contributed by atoms with E-state index in [0.717, 1.165) is 34.5 Å². The van der Waals surface area contributed by atoms with Crippen molar-refractivity contribution in [2.24, 2.45) is 0 Å². The number of aryl methyl sites for hydroxylation is 1. The third-order valence-electron chi connectivity index (χ3n) is 5.02. The Balaban J connectivity index is 0.000000243. The maximum absolute atomic E-state index is 13.1. The predicted octanol–water partition coefficient (Wildman–Crippen LogP) is 5.46. The monoisotopic (exact) mass is 452 g/mol. The van der Waals surface area contributed by atoms with E-state index in [4.69, 9.17) is 4.74 Å². The Bertz CT molecular complexity index is 1070. The molecular formula is C25H25FN2O3S. The third-order valence-corrected chi connectivity index (χ3v) is 6.23. The summed E-state index contributed by atoms with van der Waals surface area (Å²) in [6.07, 6.45) is 0.786. The summed E-state index contributed by atoms with van der Waals surface area (Å²) < 4.78 is 18.2. The highest BCUT2D eigenvalue weighted by molar-refractivity contribution is 8.00. The SMILES string of the molecule is CNc1ccccc1OC.Cc1cc(C=O)ccc1N1C(=O)CSC1c1ccc(F)cc1. The number of rotatable bonds is 5. The lowest BCUT2D eigenvalue weighted by molar-refractivity contribution is -0.115. The fourth-order valence-corrected chi connectivity index (χ4v) is 4.60. The van der Waals surface area contributed by atoms with Gasteiger partial charge in [0.2, 0.25) is 5.91 Å². The molecule has 4 rings (SSSR count). The van der Waals surface area contributed by atoms with Crippen molar-refractivity contribution >= 4 is 35.3 Å². The molecule has 1 atom stereocenters. The molecular weight excluding hydrogens is 427 g/mol. The summed E-state index contributed by atoms with van der Waals surface area (Å²) in [5.41, 5.74) is 4.14. The average molecular weight is 453 g/mol. The molecule has 0 radical (unpaired) electrons. The van der Waals surface area contributed by atoms with Gasteiger partial charge in [-0.05, 0) is 60.5 Å². The number of nitrogens with zero attached hydrogens (tertiary/aromatic N) is 1. The van der Waals surface area contributed by atoms with Gasteiger partial charge in [-0.25, -0.2) is 4.39 Å². The second-order valence-electron chi connectivity index (χ2n) is 7.09. The molecule has 1 aliphatic rings. The molecule has 5 nitrogen and oxygen atoms in total. The third kappa shape index (κ3) is 5.29. The summed E-state index contributed by atoms with van der Waals surface area (Å²) in [5.74, 6) is 0.985. The van der Waals surface area contributed by atoms with Crippen LogP contribution in [0, 0.1) is 12.7 Å². The Kier molecular flexibility index (Phi) is 7.89. The first-order valence-corrected chi connectivity index (χ1v) is 11.1. The van der Waals surface area contributed by atoms with Crippen LogP contribution < -0.4 is 15.0 Å². The van der Waals surface area contributed by atoms with E-state index in [1.165, 1.54) is 23.9 Å². The molecule has 1 heterocycles. The van der Waals surface area contributed by atoms with Gasteiger partial charge in [-0.2, -0.15) is 0 Å². The second kappa shape index (κ2) is 10.8. The van der Waals surface area contributed by atoms with Crippen molar-refractivity contribution in [1.82, 2.24) is 0 Å². The molecule has 7 heteroatoms. The van der Waals surface area contributed by atoms with E-state index in [1.807, 2.05) is 38.2 Å². The van der Waals surface area contributed by atoms with Crippen LogP contribution in [-0.2, 0) is 4.79 Å². The van der Waals surface area contributed by atoms with E-state index in [1.54, 1.807) is 42.3 Å². The molecule has 1 amide bonds. The van der Waals surface area contributed by atoms with E-state index in [9.17, 15) is 14.0 Å². The minimum Gasteiger partial charge on any atom is -0.495 e. The molecule has 166 valence electrons. The van der Waals surface area contributed by atoms with Crippen LogP contribution in [0.15, 0.2) is 66.7 Å². The Hall–Kier alpha value is -3.32. The zero-order chi connectivity index (χ0) is 23.1. The van der Waals surface area contributed by atoms with Gasteiger partial charge in [-0.3, -0.25) is 14.5 Å². The highest BCUT2D eigenvalue weighted by Crippen LogP contribution is 2.42. The molecule has 0 aliphatic carbocycles. The Morgan fingerprint density at radius 2 is 1.84 bits per heavy atom. The number of carbonyl (C=O) groups excluding carboxylic acids is 2. The predicted molar refractivity (Wildman–Crippen MR) is 128 cm³/mol. The largest absolute Gasteiger partial charge is 0.495 e. The lowest BCUT2D eigenvalue weighted by atomic mass is 10.1. The fraction of sp³-hybridized carbons (Fsp3) is 0.200. The van der Waals surface area contributed by atoms with Crippen LogP contribution in [0.25, 0.3) is 0 Å². The fourth-order valence-electron chi connectivity index (χ4n) is 3.43. The number of carbonyl (C=O) groups is 2. The van der Waals surface area contributed by atoms with Crippen LogP contribution in [0.1, 0.15) is 26.9 Å². The van der Waals surface area contributed by atoms with E-state index >= 15 is 0 Å². The van der Waals surface area contributed by atoms with Gasteiger partial charge in [0.05, 0.1) is 18.6 Å². The number of thioether (sulfide) groups is 1. The highest BCUT2D eigenvalue weighted by Gasteiger charge is 2.34. The molecule has 0 saturated carbocycles. The molecule has 1 N–H and O–H groups in total. The molecule has 1 fully saturated rings. The Morgan fingerprint density at radius 1 is 1.12 bits per heavy atom. The summed E-state index contributed by atoms with van der Waals surface area (Å²) in [7, 11) is 3.54. The van der Waals surface area contributed by atoms with Gasteiger partial charge >= 0.3 is 0 Å². The number of para-hydroxylation sites is 2. The lowest BCUT2D eigenvalue weighted by Gasteiger charge is -2.26. The average Bonchev–Trinajstić information content (AvgIpc) is 3.20. The number of nitrogens with one attached hydrogen (secondary N) is 1. The van der Waals surface area contributed by atoms with Crippen molar-refractivity contribution in [1.29, 1.82) is 0 Å². The number of aldehydes is 1. The first-order chi connectivity index (χ1) is 15.5. The van der Waals surface area contributed by atoms with Crippen LogP contribution in [0.4, 0.5) is 15.8 Å². The van der Waals surface area contributed by atoms with E-state index in [0.29, 0.717) is 11.3 Å². The van der Waals surface area contributed by atoms with Crippen LogP contribution in [-0.4, -0.2) is 32.1 Å². The quantitative estimate of drug-likeness (QED) is 0.521. The first-order valence-electron chi connectivity index (χ1n) is 10.0. The minimum absolute atomic E-state index is 0.0151. The van der Waals surface area contributed by atoms with Crippen LogP contribution in [0.5, 0.6) is 5.75 Å². The van der Waals surface area contributed by atoms with Crippen molar-refractivity contribution in [2.45, 2.75) is 12.3 Å². The van der Waals surface area contributed by atoms with Crippen molar-refractivity contribution in [3.05, 3.63) is 89.2 Å². The number of methoxy groups -OCH3 is 1. The standard InChI is InChI=1S/C17H14FNO2S.C8H11NO/c1-11-8-12(9-20)2-7-15(11)19-16(21)10-22-17(19)13-3-5-14(18)6-4-13;1-9-7-5-3-4-6-8(7)10-2/h2-9,17H,10H2,1H3;3-6,9H,1-2H3. The molecule has 0 aromatic heterocycles. The molecule has 0 bridgehead atoms. The minimum atomic E-state index is -0.295. The van der Waals surface area contributed by atoms with Crippen molar-refractivity contribution in [3.63, 3.8) is 0 Å². The molecule has 32 heavy (non-hydrogen) atoms. The molecule has 3 aromatic rings. The van der Waals surface area contributed by atoms with Crippen molar-refractivity contribution < 1.29 is 18.7 Å². The molecule has 3 aromatic carbocycles. The molecule has 1 saturated heterocycles. The first kappa shape index (κ1) is 23.3. The number of anilines is 2. The van der Waals surface area contributed by atoms with Gasteiger partial charge in [0.1, 0.15) is 23.2 Å². The topological polar surface area (TPSA) is 58.6 Å². The summed E-state index contributed by atoms with van der Waals surface area (Å²) in [6.45, 7) is 1.88. The van der Waals surface area contributed by atoms with Gasteiger partial charge in [0.15, 0.2) is 0 Å². The van der Waals surface area contributed by atoms with Crippen LogP contribution >= 0.6 is 11.8 Å². The van der Waals surface area contributed by atoms with Gasteiger partial charge in [-0.15, -0.1) is 11.8 Å². The summed E-state index contributed by atoms with van der Waals surface area (Å²) >= 11 is 1.52. The maximum Gasteiger partial charge on any atom is 0.238 e. The van der Waals surface area contributed by atoms with Crippen LogP contribution in [0.2, 0.25) is 0 Å². The smallest absolute Gasteiger partial charge is 0.238 e. The van der Waals surface area contributed by atoms with E-state index in [2.05, 4.69) is 5.32 Å². The zero-order valence-electron chi connectivity index (χ0n) is 18.2. The number of ether oxygens (including phenoxy) is 1. The van der Waals surface area contributed by atoms with Gasteiger partial charge in [0, 0.05) is 18.3 Å². The highest BCUT2D eigenvalue weighted by atomic mass is 32.2. The van der Waals surface area contributed by atoms with Gasteiger partial charge in [-0.1, -0.05) is 24.3 Å². The van der Waals surface area contributed by atoms with Crippen molar-refractivity contribution in [2.75, 3.05) is 30.1 Å². The number of halogens is 1. The van der Waals surface area contributed by atoms with E-state index < -0.39 is 0 Å². The van der Waals surface area contributed by atoms with Crippen molar-refractivity contribution in [3.8, 4) is 5.75 Å².